The third-order valence-corrected chi connectivity index (χ3v) is 2.86. The molecular formula is C14H19NO3. The lowest BCUT2D eigenvalue weighted by Gasteiger charge is -2.17. The van der Waals surface area contributed by atoms with E-state index in [0.29, 0.717) is 6.54 Å². The standard InChI is InChI=1S/C14H19NO3/c1-3-15-13(16)8-11(9-14(17)18)12-7-5-4-6-10(12)2/h4-7,11H,3,8-9H2,1-2H3,(H,15,16)(H,17,18). The van der Waals surface area contributed by atoms with Crippen LogP contribution in [-0.2, 0) is 9.59 Å². The molecule has 0 saturated heterocycles. The van der Waals surface area contributed by atoms with Gasteiger partial charge in [0.15, 0.2) is 0 Å². The maximum Gasteiger partial charge on any atom is 0.303 e. The third-order valence-electron chi connectivity index (χ3n) is 2.86. The van der Waals surface area contributed by atoms with Crippen LogP contribution in [0.2, 0.25) is 0 Å². The van der Waals surface area contributed by atoms with Gasteiger partial charge < -0.3 is 10.4 Å². The van der Waals surface area contributed by atoms with Gasteiger partial charge in [0.1, 0.15) is 0 Å². The van der Waals surface area contributed by atoms with Gasteiger partial charge in [0, 0.05) is 18.9 Å². The minimum Gasteiger partial charge on any atom is -0.481 e. The van der Waals surface area contributed by atoms with Crippen molar-refractivity contribution in [2.75, 3.05) is 6.54 Å². The number of aryl methyl sites for hydroxylation is 1. The SMILES string of the molecule is CCNC(=O)CC(CC(=O)O)c1ccccc1C. The molecule has 1 aromatic rings. The Labute approximate surface area is 107 Å². The van der Waals surface area contributed by atoms with E-state index in [1.165, 1.54) is 0 Å². The lowest BCUT2D eigenvalue weighted by atomic mass is 9.89. The van der Waals surface area contributed by atoms with E-state index < -0.39 is 5.97 Å². The van der Waals surface area contributed by atoms with E-state index in [9.17, 15) is 9.59 Å². The average Bonchev–Trinajstić information content (AvgIpc) is 2.28. The number of amides is 1. The Morgan fingerprint density at radius 2 is 1.94 bits per heavy atom. The van der Waals surface area contributed by atoms with E-state index in [4.69, 9.17) is 5.11 Å². The summed E-state index contributed by atoms with van der Waals surface area (Å²) in [6.07, 6.45) is 0.187. The monoisotopic (exact) mass is 249 g/mol. The summed E-state index contributed by atoms with van der Waals surface area (Å²) in [7, 11) is 0. The number of carboxylic acid groups (broad SMARTS) is 1. The molecule has 1 aromatic carbocycles. The second-order valence-corrected chi connectivity index (χ2v) is 4.31. The summed E-state index contributed by atoms with van der Waals surface area (Å²) < 4.78 is 0. The van der Waals surface area contributed by atoms with Crippen LogP contribution in [0.25, 0.3) is 0 Å². The zero-order valence-corrected chi connectivity index (χ0v) is 10.8. The largest absolute Gasteiger partial charge is 0.481 e. The van der Waals surface area contributed by atoms with Gasteiger partial charge in [-0.2, -0.15) is 0 Å². The predicted molar refractivity (Wildman–Crippen MR) is 69.5 cm³/mol. The van der Waals surface area contributed by atoms with Crippen molar-refractivity contribution in [2.24, 2.45) is 0 Å². The normalized spacial score (nSPS) is 11.9. The topological polar surface area (TPSA) is 66.4 Å². The molecule has 2 N–H and O–H groups in total. The number of hydrogen-bond donors (Lipinski definition) is 2. The molecule has 0 fully saturated rings. The van der Waals surface area contributed by atoms with E-state index in [-0.39, 0.29) is 24.7 Å². The number of carboxylic acids is 1. The van der Waals surface area contributed by atoms with Gasteiger partial charge >= 0.3 is 5.97 Å². The zero-order chi connectivity index (χ0) is 13.5. The van der Waals surface area contributed by atoms with Crippen LogP contribution in [0.15, 0.2) is 24.3 Å². The highest BCUT2D eigenvalue weighted by Gasteiger charge is 2.20. The quantitative estimate of drug-likeness (QED) is 0.811. The first kappa shape index (κ1) is 14.2. The van der Waals surface area contributed by atoms with E-state index in [2.05, 4.69) is 5.32 Å². The summed E-state index contributed by atoms with van der Waals surface area (Å²) in [5, 5.41) is 11.7. The van der Waals surface area contributed by atoms with Crippen molar-refractivity contribution >= 4 is 11.9 Å². The van der Waals surface area contributed by atoms with Crippen molar-refractivity contribution in [3.8, 4) is 0 Å². The van der Waals surface area contributed by atoms with Gasteiger partial charge in [-0.25, -0.2) is 0 Å². The number of carbonyl (C=O) groups is 2. The molecule has 1 atom stereocenters. The maximum atomic E-state index is 11.6. The number of nitrogens with one attached hydrogen (secondary N) is 1. The van der Waals surface area contributed by atoms with E-state index in [0.717, 1.165) is 11.1 Å². The Bertz CT molecular complexity index is 429. The van der Waals surface area contributed by atoms with E-state index >= 15 is 0 Å². The first-order valence-corrected chi connectivity index (χ1v) is 6.08. The fourth-order valence-electron chi connectivity index (χ4n) is 2.04. The van der Waals surface area contributed by atoms with Gasteiger partial charge in [0.05, 0.1) is 6.42 Å². The highest BCUT2D eigenvalue weighted by atomic mass is 16.4. The van der Waals surface area contributed by atoms with Crippen LogP contribution in [-0.4, -0.2) is 23.5 Å². The molecule has 0 radical (unpaired) electrons. The van der Waals surface area contributed by atoms with Crippen molar-refractivity contribution in [3.63, 3.8) is 0 Å². The molecule has 1 unspecified atom stereocenters. The third kappa shape index (κ3) is 4.20. The van der Waals surface area contributed by atoms with Crippen molar-refractivity contribution in [3.05, 3.63) is 35.4 Å². The van der Waals surface area contributed by atoms with Crippen LogP contribution < -0.4 is 5.32 Å². The van der Waals surface area contributed by atoms with E-state index in [1.54, 1.807) is 0 Å². The predicted octanol–water partition coefficient (Wildman–Crippen LogP) is 2.08. The first-order chi connectivity index (χ1) is 8.54. The Kier molecular flexibility index (Phi) is 5.36. The Hall–Kier alpha value is -1.84. The van der Waals surface area contributed by atoms with Gasteiger partial charge in [-0.3, -0.25) is 9.59 Å². The fraction of sp³-hybridized carbons (Fsp3) is 0.429. The summed E-state index contributed by atoms with van der Waals surface area (Å²) in [5.74, 6) is -1.25. The number of hydrogen-bond acceptors (Lipinski definition) is 2. The average molecular weight is 249 g/mol. The summed E-state index contributed by atoms with van der Waals surface area (Å²) in [4.78, 5) is 22.5. The highest BCUT2D eigenvalue weighted by Crippen LogP contribution is 2.26. The van der Waals surface area contributed by atoms with E-state index in [1.807, 2.05) is 38.1 Å². The molecule has 0 aliphatic carbocycles. The van der Waals surface area contributed by atoms with Crippen LogP contribution >= 0.6 is 0 Å². The molecule has 1 amide bonds. The van der Waals surface area contributed by atoms with Crippen LogP contribution in [0.4, 0.5) is 0 Å². The van der Waals surface area contributed by atoms with Crippen LogP contribution in [0, 0.1) is 6.92 Å². The minimum absolute atomic E-state index is 0.0258. The first-order valence-electron chi connectivity index (χ1n) is 6.08. The second kappa shape index (κ2) is 6.79. The zero-order valence-electron chi connectivity index (χ0n) is 10.8. The summed E-state index contributed by atoms with van der Waals surface area (Å²) in [5.41, 5.74) is 1.96. The molecule has 0 spiro atoms. The Morgan fingerprint density at radius 1 is 1.28 bits per heavy atom. The lowest BCUT2D eigenvalue weighted by molar-refractivity contribution is -0.137. The number of rotatable bonds is 6. The van der Waals surface area contributed by atoms with Crippen LogP contribution in [0.3, 0.4) is 0 Å². The fourth-order valence-corrected chi connectivity index (χ4v) is 2.04. The van der Waals surface area contributed by atoms with Gasteiger partial charge in [0.2, 0.25) is 5.91 Å². The lowest BCUT2D eigenvalue weighted by Crippen LogP contribution is -2.25. The highest BCUT2D eigenvalue weighted by molar-refractivity contribution is 5.78. The molecule has 0 aliphatic rings. The summed E-state index contributed by atoms with van der Waals surface area (Å²) >= 11 is 0. The summed E-state index contributed by atoms with van der Waals surface area (Å²) in [6, 6.07) is 7.60. The van der Waals surface area contributed by atoms with Gasteiger partial charge in [-0.05, 0) is 25.0 Å². The molecule has 0 saturated carbocycles. The Balaban J connectivity index is 2.88. The molecule has 0 aliphatic heterocycles. The number of carbonyl (C=O) groups excluding carboxylic acids is 1. The molecule has 1 rings (SSSR count). The second-order valence-electron chi connectivity index (χ2n) is 4.31. The molecule has 4 heteroatoms. The Morgan fingerprint density at radius 3 is 2.50 bits per heavy atom. The van der Waals surface area contributed by atoms with Gasteiger partial charge in [-0.15, -0.1) is 0 Å². The molecule has 18 heavy (non-hydrogen) atoms. The smallest absolute Gasteiger partial charge is 0.303 e. The van der Waals surface area contributed by atoms with Crippen LogP contribution in [0.1, 0.15) is 36.8 Å². The minimum atomic E-state index is -0.882. The van der Waals surface area contributed by atoms with Gasteiger partial charge in [-0.1, -0.05) is 24.3 Å². The van der Waals surface area contributed by atoms with Crippen molar-refractivity contribution in [1.82, 2.24) is 5.32 Å². The van der Waals surface area contributed by atoms with Crippen molar-refractivity contribution < 1.29 is 14.7 Å². The number of benzene rings is 1. The molecular weight excluding hydrogens is 230 g/mol. The molecule has 0 heterocycles. The molecule has 98 valence electrons. The van der Waals surface area contributed by atoms with Crippen molar-refractivity contribution in [2.45, 2.75) is 32.6 Å². The molecule has 4 nitrogen and oxygen atoms in total. The summed E-state index contributed by atoms with van der Waals surface area (Å²) in [6.45, 7) is 4.34. The van der Waals surface area contributed by atoms with Crippen molar-refractivity contribution in [1.29, 1.82) is 0 Å². The maximum absolute atomic E-state index is 11.6. The van der Waals surface area contributed by atoms with Crippen LogP contribution in [0.5, 0.6) is 0 Å². The van der Waals surface area contributed by atoms with Gasteiger partial charge in [0.25, 0.3) is 0 Å². The number of aliphatic carboxylic acids is 1. The molecule has 0 bridgehead atoms. The molecule has 0 aromatic heterocycles.